The molecule has 0 unspecified atom stereocenters. The summed E-state index contributed by atoms with van der Waals surface area (Å²) >= 11 is 0. The lowest BCUT2D eigenvalue weighted by Gasteiger charge is -2.57. The average molecular weight is 322 g/mol. The van der Waals surface area contributed by atoms with Gasteiger partial charge in [-0.05, 0) is 49.4 Å². The van der Waals surface area contributed by atoms with Crippen molar-refractivity contribution in [3.05, 3.63) is 11.6 Å². The Morgan fingerprint density at radius 2 is 1.91 bits per heavy atom. The number of hydrogen-bond donors (Lipinski definition) is 0. The van der Waals surface area contributed by atoms with E-state index in [0.717, 1.165) is 37.7 Å². The molecule has 0 spiro atoms. The fourth-order valence-electron chi connectivity index (χ4n) is 5.01. The summed E-state index contributed by atoms with van der Waals surface area (Å²) < 4.78 is 9.87. The molecule has 2 aliphatic rings. The number of fused-ring (bicyclic) bond motifs is 1. The van der Waals surface area contributed by atoms with E-state index in [1.165, 1.54) is 14.2 Å². The van der Waals surface area contributed by atoms with Crippen LogP contribution < -0.4 is 0 Å². The molecule has 23 heavy (non-hydrogen) atoms. The van der Waals surface area contributed by atoms with Crippen LogP contribution in [0.2, 0.25) is 0 Å². The van der Waals surface area contributed by atoms with Crippen LogP contribution in [0.4, 0.5) is 0 Å². The number of allylic oxidation sites excluding steroid dienone is 1. The van der Waals surface area contributed by atoms with E-state index in [9.17, 15) is 9.59 Å². The van der Waals surface area contributed by atoms with E-state index in [2.05, 4.69) is 26.8 Å². The SMILES string of the molecule is COC(=O)CC[C@@]1(C)[C@H](C)CC[C@@]2(C)C(C(=O)OC)=CCC[C@H]12. The van der Waals surface area contributed by atoms with Gasteiger partial charge >= 0.3 is 11.9 Å². The molecule has 1 fully saturated rings. The molecule has 2 aliphatic carbocycles. The van der Waals surface area contributed by atoms with Gasteiger partial charge in [0, 0.05) is 17.4 Å². The summed E-state index contributed by atoms with van der Waals surface area (Å²) in [4.78, 5) is 23.9. The van der Waals surface area contributed by atoms with Crippen LogP contribution in [0.15, 0.2) is 11.6 Å². The number of methoxy groups -OCH3 is 2. The maximum atomic E-state index is 12.3. The highest BCUT2D eigenvalue weighted by Gasteiger charge is 2.55. The van der Waals surface area contributed by atoms with E-state index < -0.39 is 0 Å². The Morgan fingerprint density at radius 1 is 1.22 bits per heavy atom. The molecule has 0 amide bonds. The summed E-state index contributed by atoms with van der Waals surface area (Å²) in [6.07, 6.45) is 7.38. The average Bonchev–Trinajstić information content (AvgIpc) is 2.55. The molecular formula is C19H30O4. The molecule has 0 aromatic rings. The van der Waals surface area contributed by atoms with Crippen molar-refractivity contribution >= 4 is 11.9 Å². The quantitative estimate of drug-likeness (QED) is 0.737. The van der Waals surface area contributed by atoms with E-state index in [-0.39, 0.29) is 22.8 Å². The molecule has 0 heterocycles. The molecule has 0 aromatic heterocycles. The second kappa shape index (κ2) is 6.66. The van der Waals surface area contributed by atoms with Crippen molar-refractivity contribution in [3.8, 4) is 0 Å². The Labute approximate surface area is 139 Å². The third-order valence-electron chi connectivity index (χ3n) is 6.71. The zero-order valence-electron chi connectivity index (χ0n) is 15.1. The molecule has 1 saturated carbocycles. The normalized spacial score (nSPS) is 36.7. The summed E-state index contributed by atoms with van der Waals surface area (Å²) in [5.74, 6) is 0.581. The first-order chi connectivity index (χ1) is 10.8. The summed E-state index contributed by atoms with van der Waals surface area (Å²) in [5, 5.41) is 0. The fraction of sp³-hybridized carbons (Fsp3) is 0.789. The number of hydrogen-bond acceptors (Lipinski definition) is 4. The van der Waals surface area contributed by atoms with E-state index in [1.807, 2.05) is 0 Å². The van der Waals surface area contributed by atoms with Crippen LogP contribution in [0, 0.1) is 22.7 Å². The molecule has 0 radical (unpaired) electrons. The van der Waals surface area contributed by atoms with Crippen LogP contribution in [-0.4, -0.2) is 26.2 Å². The van der Waals surface area contributed by atoms with Gasteiger partial charge in [-0.1, -0.05) is 26.8 Å². The fourth-order valence-corrected chi connectivity index (χ4v) is 5.01. The molecule has 2 rings (SSSR count). The minimum absolute atomic E-state index is 0.0364. The zero-order chi connectivity index (χ0) is 17.3. The van der Waals surface area contributed by atoms with Crippen molar-refractivity contribution in [1.29, 1.82) is 0 Å². The Kier molecular flexibility index (Phi) is 5.22. The van der Waals surface area contributed by atoms with E-state index in [1.54, 1.807) is 0 Å². The van der Waals surface area contributed by atoms with E-state index in [0.29, 0.717) is 18.3 Å². The van der Waals surface area contributed by atoms with Gasteiger partial charge in [0.1, 0.15) is 0 Å². The first kappa shape index (κ1) is 18.0. The summed E-state index contributed by atoms with van der Waals surface area (Å²) in [7, 11) is 2.90. The molecule has 0 aliphatic heterocycles. The smallest absolute Gasteiger partial charge is 0.333 e. The second-order valence-corrected chi connectivity index (χ2v) is 7.68. The Bertz CT molecular complexity index is 509. The Hall–Kier alpha value is -1.32. The molecular weight excluding hydrogens is 292 g/mol. The molecule has 0 N–H and O–H groups in total. The second-order valence-electron chi connectivity index (χ2n) is 7.68. The van der Waals surface area contributed by atoms with Gasteiger partial charge in [0.05, 0.1) is 14.2 Å². The lowest BCUT2D eigenvalue weighted by Crippen LogP contribution is -2.51. The van der Waals surface area contributed by atoms with Crippen LogP contribution in [0.3, 0.4) is 0 Å². The summed E-state index contributed by atoms with van der Waals surface area (Å²) in [6.45, 7) is 6.79. The number of esters is 2. The molecule has 0 saturated heterocycles. The van der Waals surface area contributed by atoms with Gasteiger partial charge in [-0.2, -0.15) is 0 Å². The van der Waals surface area contributed by atoms with Gasteiger partial charge in [-0.3, -0.25) is 4.79 Å². The van der Waals surface area contributed by atoms with Gasteiger partial charge in [-0.15, -0.1) is 0 Å². The predicted octanol–water partition coefficient (Wildman–Crippen LogP) is 3.89. The molecule has 0 aromatic carbocycles. The van der Waals surface area contributed by atoms with Crippen LogP contribution in [0.25, 0.3) is 0 Å². The summed E-state index contributed by atoms with van der Waals surface area (Å²) in [6, 6.07) is 0. The monoisotopic (exact) mass is 322 g/mol. The van der Waals surface area contributed by atoms with Gasteiger partial charge in [-0.25, -0.2) is 4.79 Å². The van der Waals surface area contributed by atoms with Crippen molar-refractivity contribution < 1.29 is 19.1 Å². The Morgan fingerprint density at radius 3 is 2.52 bits per heavy atom. The van der Waals surface area contributed by atoms with Crippen LogP contribution in [0.1, 0.15) is 59.3 Å². The number of carbonyl (C=O) groups excluding carboxylic acids is 2. The number of rotatable bonds is 4. The van der Waals surface area contributed by atoms with Crippen LogP contribution in [-0.2, 0) is 19.1 Å². The minimum atomic E-state index is -0.193. The molecule has 130 valence electrons. The van der Waals surface area contributed by atoms with Gasteiger partial charge in [0.2, 0.25) is 0 Å². The van der Waals surface area contributed by atoms with Crippen molar-refractivity contribution in [2.45, 2.75) is 59.3 Å². The van der Waals surface area contributed by atoms with Crippen LogP contribution in [0.5, 0.6) is 0 Å². The maximum absolute atomic E-state index is 12.3. The van der Waals surface area contributed by atoms with E-state index >= 15 is 0 Å². The molecule has 4 atom stereocenters. The van der Waals surface area contributed by atoms with Gasteiger partial charge in [0.15, 0.2) is 0 Å². The summed E-state index contributed by atoms with van der Waals surface area (Å²) in [5.41, 5.74) is 0.727. The first-order valence-corrected chi connectivity index (χ1v) is 8.65. The predicted molar refractivity (Wildman–Crippen MR) is 88.7 cm³/mol. The van der Waals surface area contributed by atoms with Crippen LogP contribution >= 0.6 is 0 Å². The highest BCUT2D eigenvalue weighted by Crippen LogP contribution is 2.61. The third kappa shape index (κ3) is 3.05. The van der Waals surface area contributed by atoms with Crippen molar-refractivity contribution in [2.24, 2.45) is 22.7 Å². The first-order valence-electron chi connectivity index (χ1n) is 8.65. The standard InChI is InChI=1S/C19H30O4/c1-13-9-11-19(3)14(17(21)23-5)7-6-8-15(19)18(13,2)12-10-16(20)22-4/h7,13,15H,6,8-12H2,1-5H3/t13-,15-,18+,19+/m1/s1. The highest BCUT2D eigenvalue weighted by atomic mass is 16.5. The van der Waals surface area contributed by atoms with Crippen molar-refractivity contribution in [2.75, 3.05) is 14.2 Å². The van der Waals surface area contributed by atoms with Gasteiger partial charge < -0.3 is 9.47 Å². The lowest BCUT2D eigenvalue weighted by molar-refractivity contribution is -0.145. The van der Waals surface area contributed by atoms with Crippen molar-refractivity contribution in [1.82, 2.24) is 0 Å². The third-order valence-corrected chi connectivity index (χ3v) is 6.71. The largest absolute Gasteiger partial charge is 0.469 e. The Balaban J connectivity index is 2.32. The molecule has 4 nitrogen and oxygen atoms in total. The highest BCUT2D eigenvalue weighted by molar-refractivity contribution is 5.90. The lowest BCUT2D eigenvalue weighted by atomic mass is 9.47. The number of carbonyl (C=O) groups is 2. The molecule has 4 heteroatoms. The number of ether oxygens (including phenoxy) is 2. The maximum Gasteiger partial charge on any atom is 0.333 e. The van der Waals surface area contributed by atoms with E-state index in [4.69, 9.17) is 9.47 Å². The molecule has 0 bridgehead atoms. The zero-order valence-corrected chi connectivity index (χ0v) is 15.1. The van der Waals surface area contributed by atoms with Crippen molar-refractivity contribution in [3.63, 3.8) is 0 Å². The van der Waals surface area contributed by atoms with Gasteiger partial charge in [0.25, 0.3) is 0 Å². The topological polar surface area (TPSA) is 52.6 Å². The minimum Gasteiger partial charge on any atom is -0.469 e.